The molecule has 12 N–H and O–H groups in total. The van der Waals surface area contributed by atoms with E-state index >= 15 is 0 Å². The van der Waals surface area contributed by atoms with Gasteiger partial charge in [0.25, 0.3) is 0 Å². The Morgan fingerprint density at radius 1 is 0.451 bits per heavy atom. The van der Waals surface area contributed by atoms with Gasteiger partial charge >= 0.3 is 0 Å². The summed E-state index contributed by atoms with van der Waals surface area (Å²) in [5, 5.41) is 120. The zero-order valence-electron chi connectivity index (χ0n) is 48.7. The normalized spacial score (nSPS) is 30.4. The van der Waals surface area contributed by atoms with Gasteiger partial charge in [0.05, 0.1) is 38.6 Å². The number of carbonyl (C=O) groups is 1. The van der Waals surface area contributed by atoms with E-state index in [1.54, 1.807) is 6.08 Å². The summed E-state index contributed by atoms with van der Waals surface area (Å²) in [6, 6.07) is -1.03. The molecule has 0 aliphatic carbocycles. The van der Waals surface area contributed by atoms with E-state index in [1.165, 1.54) is 38.5 Å². The number of aliphatic hydroxyl groups excluding tert-OH is 11. The number of unbranched alkanes of at least 4 members (excludes halogenated alkanes) is 10. The summed E-state index contributed by atoms with van der Waals surface area (Å²) in [6.07, 6.45) is 30.7. The highest BCUT2D eigenvalue weighted by molar-refractivity contribution is 5.76. The maximum absolute atomic E-state index is 13.3. The minimum absolute atomic E-state index is 0.170. The number of allylic oxidation sites excluding steroid dienone is 17. The number of rotatable bonds is 42. The molecule has 19 heteroatoms. The van der Waals surface area contributed by atoms with E-state index in [2.05, 4.69) is 116 Å². The Morgan fingerprint density at radius 3 is 1.37 bits per heavy atom. The summed E-state index contributed by atoms with van der Waals surface area (Å²) >= 11 is 0. The minimum atomic E-state index is -1.99. The number of hydrogen-bond donors (Lipinski definition) is 12. The van der Waals surface area contributed by atoms with Gasteiger partial charge in [-0.05, 0) is 96.3 Å². The second kappa shape index (κ2) is 44.9. The Labute approximate surface area is 487 Å². The zero-order valence-corrected chi connectivity index (χ0v) is 48.7. The van der Waals surface area contributed by atoms with Crippen molar-refractivity contribution in [3.05, 3.63) is 109 Å². The maximum Gasteiger partial charge on any atom is 0.220 e. The van der Waals surface area contributed by atoms with Gasteiger partial charge in [0.15, 0.2) is 18.9 Å². The molecule has 3 fully saturated rings. The lowest BCUT2D eigenvalue weighted by Crippen LogP contribution is -2.66. The van der Waals surface area contributed by atoms with Gasteiger partial charge in [-0.3, -0.25) is 4.79 Å². The Bertz CT molecular complexity index is 1920. The first-order valence-corrected chi connectivity index (χ1v) is 30.1. The van der Waals surface area contributed by atoms with Crippen molar-refractivity contribution in [2.45, 2.75) is 253 Å². The molecule has 17 atom stereocenters. The lowest BCUT2D eigenvalue weighted by Gasteiger charge is -2.48. The molecule has 0 aromatic heterocycles. The summed E-state index contributed by atoms with van der Waals surface area (Å²) in [7, 11) is 0. The lowest BCUT2D eigenvalue weighted by molar-refractivity contribution is -0.379. The summed E-state index contributed by atoms with van der Waals surface area (Å²) in [4.78, 5) is 13.3. The predicted octanol–water partition coefficient (Wildman–Crippen LogP) is 5.53. The molecule has 1 amide bonds. The van der Waals surface area contributed by atoms with Gasteiger partial charge in [0, 0.05) is 6.42 Å². The molecule has 0 bridgehead atoms. The molecule has 0 saturated carbocycles. The molecule has 3 saturated heterocycles. The topological polar surface area (TPSA) is 307 Å². The van der Waals surface area contributed by atoms with Crippen molar-refractivity contribution in [2.75, 3.05) is 26.4 Å². The molecule has 19 nitrogen and oxygen atoms in total. The first kappa shape index (κ1) is 72.7. The largest absolute Gasteiger partial charge is 0.394 e. The van der Waals surface area contributed by atoms with Crippen LogP contribution >= 0.6 is 0 Å². The van der Waals surface area contributed by atoms with Gasteiger partial charge in [0.2, 0.25) is 5.91 Å². The van der Waals surface area contributed by atoms with E-state index < -0.39 is 131 Å². The van der Waals surface area contributed by atoms with Gasteiger partial charge in [-0.1, -0.05) is 155 Å². The molecule has 0 aromatic rings. The van der Waals surface area contributed by atoms with E-state index in [0.717, 1.165) is 77.0 Å². The van der Waals surface area contributed by atoms with Crippen LogP contribution in [-0.2, 0) is 33.2 Å². The highest BCUT2D eigenvalue weighted by Gasteiger charge is 2.53. The first-order chi connectivity index (χ1) is 39.8. The van der Waals surface area contributed by atoms with Crippen molar-refractivity contribution in [1.29, 1.82) is 0 Å². The summed E-state index contributed by atoms with van der Waals surface area (Å²) in [5.74, 6) is -0.338. The molecule has 468 valence electrons. The summed E-state index contributed by atoms with van der Waals surface area (Å²) in [6.45, 7) is 1.50. The van der Waals surface area contributed by atoms with E-state index in [-0.39, 0.29) is 12.3 Å². The fraction of sp³-hybridized carbons (Fsp3) is 0.698. The third kappa shape index (κ3) is 28.1. The monoisotopic (exact) mass is 1160 g/mol. The van der Waals surface area contributed by atoms with Crippen LogP contribution in [0.1, 0.15) is 149 Å². The smallest absolute Gasteiger partial charge is 0.220 e. The number of aliphatic hydroxyl groups is 11. The average molecular weight is 1160 g/mol. The van der Waals surface area contributed by atoms with Crippen LogP contribution in [0, 0.1) is 0 Å². The molecule has 0 radical (unpaired) electrons. The molecule has 3 heterocycles. The number of nitrogens with one attached hydrogen (secondary N) is 1. The van der Waals surface area contributed by atoms with Crippen LogP contribution in [0.3, 0.4) is 0 Å². The number of hydrogen-bond acceptors (Lipinski definition) is 18. The van der Waals surface area contributed by atoms with Crippen molar-refractivity contribution >= 4 is 5.91 Å². The Kier molecular flexibility index (Phi) is 39.8. The standard InChI is InChI=1S/C63H103NO18/c1-3-5-7-9-11-13-15-17-19-21-22-23-24-25-27-29-31-33-35-37-39-41-51(69)64-46(47(68)40-38-36-34-32-30-28-26-20-18-16-14-12-10-8-6-4-2)45-77-61-57(75)54(72)59(49(43-66)79-61)82-63-58(76)55(73)60(50(44-67)80-63)81-62-56(74)53(71)52(70)48(42-65)78-62/h5,7,11,13,17-20,22-23,25,27,30-33,38,40,46-50,52-63,65-68,70-76H,3-4,6,8-10,12,14-16,21,24,26,28-29,34-37,39,41-45H2,1-2H3,(H,64,69)/b7-5-,13-11-,19-17-,20-18+,23-22-,27-25-,32-30+,33-31-,40-38+. The fourth-order valence-electron chi connectivity index (χ4n) is 9.34. The quantitative estimate of drug-likeness (QED) is 0.0264. The number of carbonyl (C=O) groups excluding carboxylic acids is 1. The van der Waals surface area contributed by atoms with Crippen molar-refractivity contribution < 1.29 is 89.4 Å². The Balaban J connectivity index is 1.54. The van der Waals surface area contributed by atoms with Crippen molar-refractivity contribution in [3.8, 4) is 0 Å². The number of amides is 1. The van der Waals surface area contributed by atoms with Crippen LogP contribution in [-0.4, -0.2) is 193 Å². The van der Waals surface area contributed by atoms with Gasteiger partial charge in [-0.15, -0.1) is 0 Å². The van der Waals surface area contributed by atoms with Crippen molar-refractivity contribution in [1.82, 2.24) is 5.32 Å². The molecule has 0 spiro atoms. The molecular weight excluding hydrogens is 1060 g/mol. The van der Waals surface area contributed by atoms with E-state index in [0.29, 0.717) is 12.8 Å². The minimum Gasteiger partial charge on any atom is -0.394 e. The van der Waals surface area contributed by atoms with Crippen LogP contribution in [0.25, 0.3) is 0 Å². The predicted molar refractivity (Wildman–Crippen MR) is 313 cm³/mol. The van der Waals surface area contributed by atoms with Crippen LogP contribution in [0.5, 0.6) is 0 Å². The van der Waals surface area contributed by atoms with Crippen LogP contribution in [0.2, 0.25) is 0 Å². The second-order valence-corrected chi connectivity index (χ2v) is 21.1. The molecule has 3 rings (SSSR count). The second-order valence-electron chi connectivity index (χ2n) is 21.1. The zero-order chi connectivity index (χ0) is 59.7. The molecule has 3 aliphatic heterocycles. The van der Waals surface area contributed by atoms with Gasteiger partial charge < -0.3 is 89.9 Å². The molecule has 17 unspecified atom stereocenters. The fourth-order valence-corrected chi connectivity index (χ4v) is 9.34. The maximum atomic E-state index is 13.3. The molecule has 82 heavy (non-hydrogen) atoms. The van der Waals surface area contributed by atoms with Crippen LogP contribution in [0.4, 0.5) is 0 Å². The molecule has 3 aliphatic rings. The summed E-state index contributed by atoms with van der Waals surface area (Å²) in [5.41, 5.74) is 0. The highest BCUT2D eigenvalue weighted by Crippen LogP contribution is 2.33. The highest BCUT2D eigenvalue weighted by atomic mass is 16.8. The van der Waals surface area contributed by atoms with Crippen LogP contribution < -0.4 is 5.32 Å². The molecular formula is C63H103NO18. The van der Waals surface area contributed by atoms with Crippen molar-refractivity contribution in [2.24, 2.45) is 0 Å². The third-order valence-electron chi connectivity index (χ3n) is 14.3. The van der Waals surface area contributed by atoms with Gasteiger partial charge in [-0.2, -0.15) is 0 Å². The van der Waals surface area contributed by atoms with Crippen molar-refractivity contribution in [3.63, 3.8) is 0 Å². The van der Waals surface area contributed by atoms with E-state index in [9.17, 15) is 61.0 Å². The SMILES string of the molecule is CC/C=C\C/C=C\C/C=C\C/C=C\C/C=C\C/C=C\CCCCC(=O)NC(COC1OC(CO)C(OC2OC(CO)C(OC3OC(CO)C(O)C(O)C3O)C(O)C2O)C(O)C1O)C(O)/C=C/CC/C=C/CC/C=C/CCCCCCCC. The van der Waals surface area contributed by atoms with Gasteiger partial charge in [-0.25, -0.2) is 0 Å². The first-order valence-electron chi connectivity index (χ1n) is 30.1. The third-order valence-corrected chi connectivity index (χ3v) is 14.3. The summed E-state index contributed by atoms with van der Waals surface area (Å²) < 4.78 is 34.2. The Morgan fingerprint density at radius 2 is 0.854 bits per heavy atom. The number of ether oxygens (including phenoxy) is 6. The van der Waals surface area contributed by atoms with E-state index in [4.69, 9.17) is 28.4 Å². The average Bonchev–Trinajstić information content (AvgIpc) is 3.40. The lowest BCUT2D eigenvalue weighted by atomic mass is 9.96. The van der Waals surface area contributed by atoms with Crippen LogP contribution in [0.15, 0.2) is 109 Å². The van der Waals surface area contributed by atoms with E-state index in [1.807, 2.05) is 6.08 Å². The van der Waals surface area contributed by atoms with Gasteiger partial charge in [0.1, 0.15) is 73.2 Å². The molecule has 0 aromatic carbocycles. The Hall–Kier alpha value is -3.55.